The van der Waals surface area contributed by atoms with Crippen molar-refractivity contribution in [3.05, 3.63) is 64.4 Å². The number of rotatable bonds is 6. The van der Waals surface area contributed by atoms with Gasteiger partial charge in [0.2, 0.25) is 11.8 Å². The molecule has 0 radical (unpaired) electrons. The molecule has 2 aromatic carbocycles. The predicted molar refractivity (Wildman–Crippen MR) is 123 cm³/mol. The molecule has 3 aliphatic heterocycles. The highest BCUT2D eigenvalue weighted by Gasteiger charge is 2.38. The maximum Gasteiger partial charge on any atom is 0.231 e. The molecule has 0 bridgehead atoms. The smallest absolute Gasteiger partial charge is 0.231 e. The SMILES string of the molecule is O=C1CCC(C2Cc3c(OCc4ccc(CN5CCOCC5)cc4)cccc3N2[O-])C(=O)N1. The van der Waals surface area contributed by atoms with E-state index in [0.29, 0.717) is 30.9 Å². The zero-order chi connectivity index (χ0) is 22.8. The molecule has 2 aromatic rings. The number of anilines is 1. The van der Waals surface area contributed by atoms with Crippen LogP contribution >= 0.6 is 0 Å². The minimum atomic E-state index is -0.516. The summed E-state index contributed by atoms with van der Waals surface area (Å²) in [5.41, 5.74) is 3.68. The van der Waals surface area contributed by atoms with Crippen molar-refractivity contribution >= 4 is 17.5 Å². The molecule has 2 atom stereocenters. The summed E-state index contributed by atoms with van der Waals surface area (Å²) in [4.78, 5) is 26.2. The quantitative estimate of drug-likeness (QED) is 0.676. The predicted octanol–water partition coefficient (Wildman–Crippen LogP) is 2.38. The summed E-state index contributed by atoms with van der Waals surface area (Å²) in [5, 5.41) is 16.2. The van der Waals surface area contributed by atoms with Crippen LogP contribution in [0, 0.1) is 11.1 Å². The van der Waals surface area contributed by atoms with E-state index in [0.717, 1.165) is 49.0 Å². The highest BCUT2D eigenvalue weighted by molar-refractivity contribution is 5.99. The number of carbonyl (C=O) groups is 2. The van der Waals surface area contributed by atoms with Gasteiger partial charge in [-0.1, -0.05) is 30.3 Å². The summed E-state index contributed by atoms with van der Waals surface area (Å²) in [5.74, 6) is -0.464. The van der Waals surface area contributed by atoms with Gasteiger partial charge in [0.1, 0.15) is 12.4 Å². The summed E-state index contributed by atoms with van der Waals surface area (Å²) in [6.45, 7) is 4.81. The molecular formula is C25H28N3O5-. The van der Waals surface area contributed by atoms with Gasteiger partial charge in [0.05, 0.1) is 19.1 Å². The fourth-order valence-electron chi connectivity index (χ4n) is 4.87. The normalized spacial score (nSPS) is 23.4. The third-order valence-corrected chi connectivity index (χ3v) is 6.73. The lowest BCUT2D eigenvalue weighted by molar-refractivity contribution is -0.136. The van der Waals surface area contributed by atoms with Gasteiger partial charge in [-0.15, -0.1) is 0 Å². The lowest BCUT2D eigenvalue weighted by Gasteiger charge is -2.38. The average molecular weight is 451 g/mol. The number of nitrogens with one attached hydrogen (secondary N) is 1. The number of hydrogen-bond donors (Lipinski definition) is 1. The van der Waals surface area contributed by atoms with E-state index >= 15 is 0 Å². The molecule has 0 saturated carbocycles. The van der Waals surface area contributed by atoms with Gasteiger partial charge in [-0.25, -0.2) is 0 Å². The molecule has 0 aliphatic carbocycles. The Kier molecular flexibility index (Phi) is 6.30. The third-order valence-electron chi connectivity index (χ3n) is 6.73. The molecule has 2 amide bonds. The number of benzene rings is 2. The molecule has 3 heterocycles. The third kappa shape index (κ3) is 4.73. The Bertz CT molecular complexity index is 1020. The van der Waals surface area contributed by atoms with Crippen molar-refractivity contribution in [2.24, 2.45) is 5.92 Å². The van der Waals surface area contributed by atoms with Crippen molar-refractivity contribution in [1.82, 2.24) is 10.2 Å². The zero-order valence-electron chi connectivity index (χ0n) is 18.5. The maximum absolute atomic E-state index is 12.9. The maximum atomic E-state index is 12.9. The summed E-state index contributed by atoms with van der Waals surface area (Å²) in [7, 11) is 0. The van der Waals surface area contributed by atoms with Gasteiger partial charge in [0.15, 0.2) is 0 Å². The minimum absolute atomic E-state index is 0.266. The van der Waals surface area contributed by atoms with Gasteiger partial charge >= 0.3 is 0 Å². The fraction of sp³-hybridized carbons (Fsp3) is 0.440. The Morgan fingerprint density at radius 3 is 2.58 bits per heavy atom. The number of piperidine rings is 1. The molecule has 2 unspecified atom stereocenters. The molecular weight excluding hydrogens is 422 g/mol. The van der Waals surface area contributed by atoms with Crippen LogP contribution in [0.15, 0.2) is 42.5 Å². The Morgan fingerprint density at radius 1 is 1.06 bits per heavy atom. The largest absolute Gasteiger partial charge is 0.758 e. The van der Waals surface area contributed by atoms with Crippen LogP contribution in [0.4, 0.5) is 5.69 Å². The summed E-state index contributed by atoms with van der Waals surface area (Å²) in [6.07, 6.45) is 1.09. The van der Waals surface area contributed by atoms with Crippen LogP contribution in [0.1, 0.15) is 29.5 Å². The number of amides is 2. The van der Waals surface area contributed by atoms with Crippen LogP contribution < -0.4 is 15.1 Å². The minimum Gasteiger partial charge on any atom is -0.758 e. The Balaban J connectivity index is 1.22. The first-order valence-corrected chi connectivity index (χ1v) is 11.5. The number of ether oxygens (including phenoxy) is 2. The van der Waals surface area contributed by atoms with Crippen LogP contribution in [0.5, 0.6) is 5.75 Å². The molecule has 0 spiro atoms. The van der Waals surface area contributed by atoms with Crippen LogP contribution in [0.2, 0.25) is 0 Å². The molecule has 5 rings (SSSR count). The molecule has 8 heteroatoms. The second-order valence-electron chi connectivity index (χ2n) is 8.90. The first-order valence-electron chi connectivity index (χ1n) is 11.5. The highest BCUT2D eigenvalue weighted by atomic mass is 16.5. The van der Waals surface area contributed by atoms with E-state index in [9.17, 15) is 14.8 Å². The summed E-state index contributed by atoms with van der Waals surface area (Å²) >= 11 is 0. The zero-order valence-corrected chi connectivity index (χ0v) is 18.5. The Morgan fingerprint density at radius 2 is 1.82 bits per heavy atom. The number of hydroxylamine groups is 1. The van der Waals surface area contributed by atoms with Gasteiger partial charge in [0.25, 0.3) is 0 Å². The van der Waals surface area contributed by atoms with Gasteiger partial charge < -0.3 is 19.7 Å². The second kappa shape index (κ2) is 9.51. The van der Waals surface area contributed by atoms with Crippen LogP contribution in [-0.2, 0) is 33.9 Å². The molecule has 2 saturated heterocycles. The molecule has 2 fully saturated rings. The van der Waals surface area contributed by atoms with E-state index < -0.39 is 12.0 Å². The molecule has 33 heavy (non-hydrogen) atoms. The fourth-order valence-corrected chi connectivity index (χ4v) is 4.87. The lowest BCUT2D eigenvalue weighted by Crippen LogP contribution is -2.49. The Hall–Kier alpha value is -2.94. The van der Waals surface area contributed by atoms with Crippen molar-refractivity contribution in [3.63, 3.8) is 0 Å². The van der Waals surface area contributed by atoms with Crippen molar-refractivity contribution < 1.29 is 19.1 Å². The first-order chi connectivity index (χ1) is 16.1. The van der Waals surface area contributed by atoms with Crippen molar-refractivity contribution in [3.8, 4) is 5.75 Å². The second-order valence-corrected chi connectivity index (χ2v) is 8.90. The van der Waals surface area contributed by atoms with E-state index in [1.165, 1.54) is 5.56 Å². The Labute approximate surface area is 193 Å². The van der Waals surface area contributed by atoms with E-state index in [1.54, 1.807) is 12.1 Å². The number of nitrogens with zero attached hydrogens (tertiary/aromatic N) is 2. The van der Waals surface area contributed by atoms with E-state index in [4.69, 9.17) is 9.47 Å². The van der Waals surface area contributed by atoms with Gasteiger partial charge in [0, 0.05) is 43.3 Å². The number of morpholine rings is 1. The molecule has 174 valence electrons. The van der Waals surface area contributed by atoms with Gasteiger partial charge in [-0.3, -0.25) is 19.8 Å². The summed E-state index contributed by atoms with van der Waals surface area (Å²) < 4.78 is 11.5. The van der Waals surface area contributed by atoms with Crippen LogP contribution in [0.25, 0.3) is 0 Å². The molecule has 3 aliphatic rings. The monoisotopic (exact) mass is 450 g/mol. The van der Waals surface area contributed by atoms with E-state index in [-0.39, 0.29) is 18.2 Å². The van der Waals surface area contributed by atoms with Crippen LogP contribution in [0.3, 0.4) is 0 Å². The molecule has 0 aromatic heterocycles. The van der Waals surface area contributed by atoms with Crippen LogP contribution in [-0.4, -0.2) is 49.1 Å². The van der Waals surface area contributed by atoms with Crippen molar-refractivity contribution in [2.75, 3.05) is 31.4 Å². The van der Waals surface area contributed by atoms with E-state index in [1.807, 2.05) is 6.07 Å². The number of carbonyl (C=O) groups excluding carboxylic acids is 2. The molecule has 8 nitrogen and oxygen atoms in total. The average Bonchev–Trinajstić information content (AvgIpc) is 3.16. The highest BCUT2D eigenvalue weighted by Crippen LogP contribution is 2.41. The van der Waals surface area contributed by atoms with E-state index in [2.05, 4.69) is 34.5 Å². The first kappa shape index (κ1) is 21.9. The summed E-state index contributed by atoms with van der Waals surface area (Å²) in [6, 6.07) is 13.3. The molecule has 1 N–H and O–H groups in total. The van der Waals surface area contributed by atoms with Crippen molar-refractivity contribution in [2.45, 2.75) is 38.5 Å². The number of hydrogen-bond acceptors (Lipinski definition) is 7. The van der Waals surface area contributed by atoms with Gasteiger partial charge in [-0.2, -0.15) is 0 Å². The number of imide groups is 1. The standard InChI is InChI=1S/C25H28N3O5/c29-24-9-8-19(25(30)26-24)22-14-20-21(28(22)31)2-1-3-23(20)33-16-18-6-4-17(5-7-18)15-27-10-12-32-13-11-27/h1-7,19,22H,8-16H2,(H,26,29,30)/q-1. The lowest BCUT2D eigenvalue weighted by atomic mass is 9.88. The topological polar surface area (TPSA) is 94.2 Å². The van der Waals surface area contributed by atoms with Gasteiger partial charge in [-0.05, 0) is 36.1 Å². The van der Waals surface area contributed by atoms with Crippen molar-refractivity contribution in [1.29, 1.82) is 0 Å². The number of fused-ring (bicyclic) bond motifs is 1.